The van der Waals surface area contributed by atoms with Crippen molar-refractivity contribution in [2.24, 2.45) is 5.73 Å². The van der Waals surface area contributed by atoms with E-state index in [9.17, 15) is 36.2 Å². The number of carbonyl (C=O) groups is 1. The topological polar surface area (TPSA) is 88.3 Å². The number of alkyl halides is 6. The fourth-order valence-electron chi connectivity index (χ4n) is 4.31. The highest BCUT2D eigenvalue weighted by Crippen LogP contribution is 2.51. The van der Waals surface area contributed by atoms with Crippen LogP contribution in [0.2, 0.25) is 0 Å². The first-order valence-corrected chi connectivity index (χ1v) is 11.3. The van der Waals surface area contributed by atoms with Crippen LogP contribution in [0, 0.1) is 0 Å². The molecule has 3 atom stereocenters. The number of fused-ring (bicyclic) bond motifs is 2. The van der Waals surface area contributed by atoms with Crippen molar-refractivity contribution in [3.05, 3.63) is 47.5 Å². The van der Waals surface area contributed by atoms with Crippen molar-refractivity contribution in [1.29, 1.82) is 0 Å². The summed E-state index contributed by atoms with van der Waals surface area (Å²) in [6.45, 7) is 4.73. The summed E-state index contributed by atoms with van der Waals surface area (Å²) in [5.74, 6) is -0.728. The molecule has 2 aliphatic heterocycles. The second-order valence-corrected chi connectivity index (χ2v) is 9.94. The zero-order valence-electron chi connectivity index (χ0n) is 20.0. The van der Waals surface area contributed by atoms with Gasteiger partial charge in [-0.05, 0) is 57.2 Å². The average molecular weight is 533 g/mol. The van der Waals surface area contributed by atoms with Crippen LogP contribution in [0.3, 0.4) is 0 Å². The predicted molar refractivity (Wildman–Crippen MR) is 121 cm³/mol. The van der Waals surface area contributed by atoms with Crippen LogP contribution in [0.4, 0.5) is 42.5 Å². The number of hydrogen-bond acceptors (Lipinski definition) is 6. The number of anilines is 2. The minimum absolute atomic E-state index is 0.0579. The monoisotopic (exact) mass is 533 g/mol. The van der Waals surface area contributed by atoms with Crippen LogP contribution in [0.15, 0.2) is 36.4 Å². The van der Waals surface area contributed by atoms with Gasteiger partial charge in [-0.2, -0.15) is 26.3 Å². The molecule has 1 saturated heterocycles. The molecule has 2 aromatic carbocycles. The first-order chi connectivity index (χ1) is 17.0. The van der Waals surface area contributed by atoms with E-state index in [1.54, 1.807) is 20.8 Å². The standard InChI is InChI=1S/C24H25F6N3O4/c1-22(2,3)37-21(35)32-10-14(31)20(34)17(11-32)33-15-6-4-12(23(25,26)27)8-18(15)36-19-9-13(24(28,29)30)5-7-16(19)33/h4-9,14,17,20,34H,10-11,31H2,1-3H3. The van der Waals surface area contributed by atoms with E-state index >= 15 is 0 Å². The Morgan fingerprint density at radius 2 is 1.43 bits per heavy atom. The van der Waals surface area contributed by atoms with Crippen molar-refractivity contribution in [3.8, 4) is 11.5 Å². The number of carbonyl (C=O) groups excluding carboxylic acids is 1. The van der Waals surface area contributed by atoms with E-state index in [1.807, 2.05) is 0 Å². The van der Waals surface area contributed by atoms with Gasteiger partial charge >= 0.3 is 18.4 Å². The minimum atomic E-state index is -4.74. The van der Waals surface area contributed by atoms with Crippen LogP contribution in [-0.2, 0) is 17.1 Å². The Balaban J connectivity index is 1.82. The van der Waals surface area contributed by atoms with Gasteiger partial charge in [0.15, 0.2) is 11.5 Å². The number of aliphatic hydroxyl groups excluding tert-OH is 1. The van der Waals surface area contributed by atoms with Crippen molar-refractivity contribution in [1.82, 2.24) is 4.90 Å². The van der Waals surface area contributed by atoms with Gasteiger partial charge in [-0.15, -0.1) is 0 Å². The number of aliphatic hydroxyl groups is 1. The van der Waals surface area contributed by atoms with Crippen LogP contribution in [0.1, 0.15) is 31.9 Å². The van der Waals surface area contributed by atoms with E-state index < -0.39 is 53.4 Å². The molecule has 1 fully saturated rings. The fourth-order valence-corrected chi connectivity index (χ4v) is 4.31. The quantitative estimate of drug-likeness (QED) is 0.486. The number of likely N-dealkylation sites (tertiary alicyclic amines) is 1. The second-order valence-electron chi connectivity index (χ2n) is 9.94. The number of hydrogen-bond donors (Lipinski definition) is 2. The molecule has 1 amide bonds. The van der Waals surface area contributed by atoms with Gasteiger partial charge < -0.3 is 30.1 Å². The number of ether oxygens (including phenoxy) is 2. The Morgan fingerprint density at radius 1 is 0.946 bits per heavy atom. The zero-order chi connectivity index (χ0) is 27.5. The van der Waals surface area contributed by atoms with Crippen molar-refractivity contribution in [2.45, 2.75) is 56.9 Å². The molecule has 0 saturated carbocycles. The average Bonchev–Trinajstić information content (AvgIpc) is 2.76. The number of nitrogens with two attached hydrogens (primary N) is 1. The number of halogens is 6. The highest BCUT2D eigenvalue weighted by atomic mass is 19.4. The molecule has 13 heteroatoms. The van der Waals surface area contributed by atoms with Gasteiger partial charge in [0.05, 0.1) is 40.7 Å². The molecule has 0 spiro atoms. The molecule has 2 aromatic rings. The van der Waals surface area contributed by atoms with E-state index in [4.69, 9.17) is 15.2 Å². The molecule has 2 heterocycles. The van der Waals surface area contributed by atoms with Crippen LogP contribution in [0.5, 0.6) is 11.5 Å². The van der Waals surface area contributed by atoms with E-state index in [0.29, 0.717) is 12.1 Å². The van der Waals surface area contributed by atoms with E-state index in [0.717, 1.165) is 24.3 Å². The molecule has 0 bridgehead atoms. The summed E-state index contributed by atoms with van der Waals surface area (Å²) in [4.78, 5) is 15.4. The summed E-state index contributed by atoms with van der Waals surface area (Å²) >= 11 is 0. The molecule has 4 rings (SSSR count). The molecule has 7 nitrogen and oxygen atoms in total. The van der Waals surface area contributed by atoms with Crippen molar-refractivity contribution < 1.29 is 45.7 Å². The molecule has 0 aliphatic carbocycles. The van der Waals surface area contributed by atoms with Crippen molar-refractivity contribution in [3.63, 3.8) is 0 Å². The van der Waals surface area contributed by atoms with Gasteiger partial charge in [0.2, 0.25) is 0 Å². The van der Waals surface area contributed by atoms with Crippen molar-refractivity contribution in [2.75, 3.05) is 18.0 Å². The summed E-state index contributed by atoms with van der Waals surface area (Å²) in [6, 6.07) is 3.11. The number of piperidine rings is 1. The lowest BCUT2D eigenvalue weighted by molar-refractivity contribution is -0.138. The van der Waals surface area contributed by atoms with Gasteiger partial charge in [0, 0.05) is 13.1 Å². The lowest BCUT2D eigenvalue weighted by Crippen LogP contribution is -2.64. The maximum Gasteiger partial charge on any atom is 0.416 e. The Bertz CT molecular complexity index is 1130. The molecule has 0 aromatic heterocycles. The Hall–Kier alpha value is -3.19. The third kappa shape index (κ3) is 5.42. The molecule has 0 radical (unpaired) electrons. The van der Waals surface area contributed by atoms with Crippen LogP contribution < -0.4 is 15.4 Å². The minimum Gasteiger partial charge on any atom is -0.453 e. The lowest BCUT2D eigenvalue weighted by Gasteiger charge is -2.47. The molecule has 3 unspecified atom stereocenters. The van der Waals surface area contributed by atoms with E-state index in [-0.39, 0.29) is 36.0 Å². The van der Waals surface area contributed by atoms with Crippen LogP contribution >= 0.6 is 0 Å². The highest BCUT2D eigenvalue weighted by molar-refractivity contribution is 5.80. The number of nitrogens with zero attached hydrogens (tertiary/aromatic N) is 2. The van der Waals surface area contributed by atoms with Crippen molar-refractivity contribution >= 4 is 17.5 Å². The van der Waals surface area contributed by atoms with E-state index in [2.05, 4.69) is 0 Å². The maximum atomic E-state index is 13.4. The summed E-state index contributed by atoms with van der Waals surface area (Å²) in [5, 5.41) is 11.0. The third-order valence-electron chi connectivity index (χ3n) is 5.97. The van der Waals surface area contributed by atoms with Gasteiger partial charge in [-0.25, -0.2) is 4.79 Å². The molecule has 2 aliphatic rings. The normalized spacial score (nSPS) is 22.2. The fraction of sp³-hybridized carbons (Fsp3) is 0.458. The summed E-state index contributed by atoms with van der Waals surface area (Å²) < 4.78 is 91.2. The first-order valence-electron chi connectivity index (χ1n) is 11.3. The Morgan fingerprint density at radius 3 is 1.86 bits per heavy atom. The van der Waals surface area contributed by atoms with Crippen LogP contribution in [-0.4, -0.2) is 53.0 Å². The highest BCUT2D eigenvalue weighted by Gasteiger charge is 2.44. The van der Waals surface area contributed by atoms with E-state index in [1.165, 1.54) is 9.80 Å². The molecule has 3 N–H and O–H groups in total. The third-order valence-corrected chi connectivity index (χ3v) is 5.97. The largest absolute Gasteiger partial charge is 0.453 e. The summed E-state index contributed by atoms with van der Waals surface area (Å²) in [5.41, 5.74) is 3.25. The van der Waals surface area contributed by atoms with Gasteiger partial charge in [0.1, 0.15) is 5.60 Å². The number of amides is 1. The molecule has 202 valence electrons. The molecule has 37 heavy (non-hydrogen) atoms. The predicted octanol–water partition coefficient (Wildman–Crippen LogP) is 5.28. The zero-order valence-corrected chi connectivity index (χ0v) is 20.0. The second kappa shape index (κ2) is 8.98. The lowest BCUT2D eigenvalue weighted by atomic mass is 9.94. The van der Waals surface area contributed by atoms with Crippen LogP contribution in [0.25, 0.3) is 0 Å². The smallest absolute Gasteiger partial charge is 0.416 e. The number of rotatable bonds is 1. The Kier molecular flexibility index (Phi) is 6.52. The first kappa shape index (κ1) is 26.9. The number of benzene rings is 2. The van der Waals surface area contributed by atoms with Gasteiger partial charge in [-0.1, -0.05) is 0 Å². The molecular weight excluding hydrogens is 508 g/mol. The summed E-state index contributed by atoms with van der Waals surface area (Å²) in [7, 11) is 0. The SMILES string of the molecule is CC(C)(C)OC(=O)N1CC(N)C(O)C(N2c3ccc(C(F)(F)F)cc3Oc3cc(C(F)(F)F)ccc32)C1. The Labute approximate surface area is 208 Å². The summed E-state index contributed by atoms with van der Waals surface area (Å²) in [6.07, 6.45) is -11.5. The van der Waals surface area contributed by atoms with Gasteiger partial charge in [-0.3, -0.25) is 0 Å². The van der Waals surface area contributed by atoms with Gasteiger partial charge in [0.25, 0.3) is 0 Å². The maximum absolute atomic E-state index is 13.4. The molecular formula is C24H25F6N3O4.